The summed E-state index contributed by atoms with van der Waals surface area (Å²) in [5, 5.41) is 5.03. The van der Waals surface area contributed by atoms with Gasteiger partial charge in [0.2, 0.25) is 0 Å². The highest BCUT2D eigenvalue weighted by molar-refractivity contribution is 5.86. The lowest BCUT2D eigenvalue weighted by molar-refractivity contribution is 0.322. The first-order chi connectivity index (χ1) is 15.3. The van der Waals surface area contributed by atoms with Gasteiger partial charge in [-0.3, -0.25) is 0 Å². The van der Waals surface area contributed by atoms with E-state index in [1.54, 1.807) is 0 Å². The van der Waals surface area contributed by atoms with Crippen molar-refractivity contribution in [2.24, 2.45) is 11.7 Å². The van der Waals surface area contributed by atoms with Gasteiger partial charge in [0.15, 0.2) is 0 Å². The number of aromatic nitrogens is 1. The predicted molar refractivity (Wildman–Crippen MR) is 147 cm³/mol. The van der Waals surface area contributed by atoms with E-state index in [4.69, 9.17) is 5.73 Å². The molecule has 33 heavy (non-hydrogen) atoms. The van der Waals surface area contributed by atoms with Gasteiger partial charge in [0.05, 0.1) is 0 Å². The van der Waals surface area contributed by atoms with Gasteiger partial charge in [-0.25, -0.2) is 0 Å². The highest BCUT2D eigenvalue weighted by Gasteiger charge is 2.21. The number of fused-ring (bicyclic) bond motifs is 1. The lowest BCUT2D eigenvalue weighted by Crippen LogP contribution is -2.21. The van der Waals surface area contributed by atoms with Gasteiger partial charge in [-0.2, -0.15) is 0 Å². The first-order valence-corrected chi connectivity index (χ1v) is 12.3. The molecule has 0 aliphatic heterocycles. The Morgan fingerprint density at radius 2 is 1.79 bits per heavy atom. The van der Waals surface area contributed by atoms with E-state index < -0.39 is 0 Å². The molecule has 3 N–H and O–H groups in total. The van der Waals surface area contributed by atoms with Crippen LogP contribution in [-0.4, -0.2) is 24.2 Å². The molecule has 2 aromatic carbocycles. The van der Waals surface area contributed by atoms with Crippen molar-refractivity contribution in [3.8, 4) is 0 Å². The summed E-state index contributed by atoms with van der Waals surface area (Å²) in [5.74, 6) is 1.23. The Morgan fingerprint density at radius 1 is 1.00 bits per heavy atom. The van der Waals surface area contributed by atoms with Crippen molar-refractivity contribution in [1.82, 2.24) is 9.88 Å². The summed E-state index contributed by atoms with van der Waals surface area (Å²) in [6.45, 7) is 6.13. The number of nitrogens with two attached hydrogens (primary N) is 1. The Hall–Kier alpha value is -1.52. The third-order valence-corrected chi connectivity index (χ3v) is 6.99. The van der Waals surface area contributed by atoms with Crippen LogP contribution in [0.1, 0.15) is 67.6 Å². The summed E-state index contributed by atoms with van der Waals surface area (Å²) in [4.78, 5) is 0. The summed E-state index contributed by atoms with van der Waals surface area (Å²) in [7, 11) is 0. The molecule has 1 unspecified atom stereocenters. The molecule has 1 aromatic heterocycles. The van der Waals surface area contributed by atoms with E-state index in [1.165, 1.54) is 59.7 Å². The zero-order chi connectivity index (χ0) is 21.5. The lowest BCUT2D eigenvalue weighted by atomic mass is 9.87. The summed E-state index contributed by atoms with van der Waals surface area (Å²) in [6.07, 6.45) is 11.6. The molecule has 0 amide bonds. The Morgan fingerprint density at radius 3 is 2.55 bits per heavy atom. The van der Waals surface area contributed by atoms with Crippen LogP contribution in [0.3, 0.4) is 0 Å². The molecular weight excluding hydrogens is 449 g/mol. The van der Waals surface area contributed by atoms with Crippen LogP contribution in [0.4, 0.5) is 0 Å². The number of nitrogens with zero attached hydrogens (tertiary/aromatic N) is 1. The van der Waals surface area contributed by atoms with Crippen LogP contribution in [0.15, 0.2) is 54.7 Å². The molecule has 0 bridgehead atoms. The number of aryl methyl sites for hydroxylation is 1. The van der Waals surface area contributed by atoms with E-state index in [0.29, 0.717) is 5.92 Å². The summed E-state index contributed by atoms with van der Waals surface area (Å²) in [5.41, 5.74) is 11.3. The van der Waals surface area contributed by atoms with Gasteiger partial charge in [0.25, 0.3) is 0 Å². The van der Waals surface area contributed by atoms with Gasteiger partial charge in [-0.1, -0.05) is 67.3 Å². The van der Waals surface area contributed by atoms with Crippen molar-refractivity contribution < 1.29 is 0 Å². The number of rotatable bonds is 10. The molecule has 0 spiro atoms. The molecule has 182 valence electrons. The lowest BCUT2D eigenvalue weighted by Gasteiger charge is -2.22. The molecule has 1 fully saturated rings. The Kier molecular flexibility index (Phi) is 11.8. The first kappa shape index (κ1) is 27.7. The number of nitrogens with one attached hydrogen (secondary N) is 1. The summed E-state index contributed by atoms with van der Waals surface area (Å²) < 4.78 is 2.56. The van der Waals surface area contributed by atoms with E-state index in [2.05, 4.69) is 71.5 Å². The molecule has 3 nitrogen and oxygen atoms in total. The van der Waals surface area contributed by atoms with Gasteiger partial charge in [0, 0.05) is 29.6 Å². The average Bonchev–Trinajstić information content (AvgIpc) is 3.15. The van der Waals surface area contributed by atoms with Gasteiger partial charge in [-0.15, -0.1) is 24.8 Å². The minimum atomic E-state index is 0. The topological polar surface area (TPSA) is 43.0 Å². The van der Waals surface area contributed by atoms with E-state index in [1.807, 2.05) is 0 Å². The molecule has 1 heterocycles. The second kappa shape index (κ2) is 14.0. The van der Waals surface area contributed by atoms with E-state index >= 15 is 0 Å². The highest BCUT2D eigenvalue weighted by atomic mass is 35.5. The summed E-state index contributed by atoms with van der Waals surface area (Å²) in [6, 6.07) is 18.1. The molecule has 1 atom stereocenters. The molecule has 0 saturated heterocycles. The zero-order valence-corrected chi connectivity index (χ0v) is 21.6. The molecule has 5 heteroatoms. The van der Waals surface area contributed by atoms with Crippen molar-refractivity contribution >= 4 is 35.7 Å². The van der Waals surface area contributed by atoms with E-state index in [-0.39, 0.29) is 24.8 Å². The molecule has 1 saturated carbocycles. The minimum absolute atomic E-state index is 0. The van der Waals surface area contributed by atoms with Crippen LogP contribution in [0.25, 0.3) is 10.9 Å². The van der Waals surface area contributed by atoms with Crippen molar-refractivity contribution in [3.63, 3.8) is 0 Å². The van der Waals surface area contributed by atoms with Crippen LogP contribution in [0.2, 0.25) is 0 Å². The smallest absolute Gasteiger partial charge is 0.0483 e. The monoisotopic (exact) mass is 489 g/mol. The van der Waals surface area contributed by atoms with Crippen molar-refractivity contribution in [2.45, 2.75) is 64.3 Å². The zero-order valence-electron chi connectivity index (χ0n) is 20.0. The molecule has 3 aromatic rings. The minimum Gasteiger partial charge on any atom is -0.347 e. The number of para-hydroxylation sites is 1. The number of benzene rings is 2. The third-order valence-electron chi connectivity index (χ3n) is 6.99. The fourth-order valence-electron chi connectivity index (χ4n) is 5.34. The van der Waals surface area contributed by atoms with Gasteiger partial charge in [0.1, 0.15) is 0 Å². The quantitative estimate of drug-likeness (QED) is 0.306. The van der Waals surface area contributed by atoms with Crippen LogP contribution in [-0.2, 0) is 6.54 Å². The third kappa shape index (κ3) is 7.23. The summed E-state index contributed by atoms with van der Waals surface area (Å²) >= 11 is 0. The van der Waals surface area contributed by atoms with Crippen LogP contribution >= 0.6 is 24.8 Å². The number of halogens is 2. The number of hydrogen-bond acceptors (Lipinski definition) is 2. The van der Waals surface area contributed by atoms with Crippen molar-refractivity contribution in [2.75, 3.05) is 19.6 Å². The Labute approximate surface area is 212 Å². The van der Waals surface area contributed by atoms with Gasteiger partial charge in [-0.05, 0) is 75.4 Å². The molecule has 1 aliphatic carbocycles. The average molecular weight is 491 g/mol. The van der Waals surface area contributed by atoms with Crippen molar-refractivity contribution in [3.05, 3.63) is 71.4 Å². The van der Waals surface area contributed by atoms with Crippen LogP contribution in [0.5, 0.6) is 0 Å². The van der Waals surface area contributed by atoms with Gasteiger partial charge >= 0.3 is 0 Å². The maximum absolute atomic E-state index is 5.67. The molecule has 4 rings (SSSR count). The Balaban J connectivity index is 0.00000193. The maximum Gasteiger partial charge on any atom is 0.0483 e. The van der Waals surface area contributed by atoms with Gasteiger partial charge < -0.3 is 15.6 Å². The largest absolute Gasteiger partial charge is 0.347 e. The predicted octanol–water partition coefficient (Wildman–Crippen LogP) is 6.83. The second-order valence-electron chi connectivity index (χ2n) is 9.41. The second-order valence-corrected chi connectivity index (χ2v) is 9.41. The van der Waals surface area contributed by atoms with E-state index in [9.17, 15) is 0 Å². The SMILES string of the molecule is Cc1cccc(C(CCNCCCN)c2cn(CC3CCCCC3)c3ccccc23)c1.Cl.Cl. The highest BCUT2D eigenvalue weighted by Crippen LogP contribution is 2.36. The normalized spacial score (nSPS) is 15.1. The number of hydrogen-bond donors (Lipinski definition) is 2. The van der Waals surface area contributed by atoms with Crippen LogP contribution in [0, 0.1) is 12.8 Å². The Bertz CT molecular complexity index is 963. The first-order valence-electron chi connectivity index (χ1n) is 12.3. The fourth-order valence-corrected chi connectivity index (χ4v) is 5.34. The van der Waals surface area contributed by atoms with Crippen molar-refractivity contribution in [1.29, 1.82) is 0 Å². The maximum atomic E-state index is 5.67. The van der Waals surface area contributed by atoms with Crippen LogP contribution < -0.4 is 11.1 Å². The molecule has 0 radical (unpaired) electrons. The molecule has 1 aliphatic rings. The standard InChI is InChI=1S/C28H39N3.2ClH/c1-22-9-7-12-24(19-22)25(15-18-30-17-8-16-29)27-21-31(20-23-10-3-2-4-11-23)28-14-6-5-13-26(27)28;;/h5-7,9,12-14,19,21,23,25,30H,2-4,8,10-11,15-18,20,29H2,1H3;2*1H. The molecular formula is C28H41Cl2N3. The van der Waals surface area contributed by atoms with E-state index in [0.717, 1.165) is 44.9 Å². The fraction of sp³-hybridized carbons (Fsp3) is 0.500.